The molecule has 6 heteroatoms. The van der Waals surface area contributed by atoms with Gasteiger partial charge in [-0.1, -0.05) is 0 Å². The Kier molecular flexibility index (Phi) is 3.98. The second-order valence-electron chi connectivity index (χ2n) is 4.82. The van der Waals surface area contributed by atoms with Crippen molar-refractivity contribution in [2.75, 3.05) is 13.1 Å². The average molecular weight is 282 g/mol. The van der Waals surface area contributed by atoms with Crippen molar-refractivity contribution in [3.8, 4) is 6.07 Å². The number of amides is 1. The molecule has 1 fully saturated rings. The Morgan fingerprint density at radius 3 is 2.50 bits per heavy atom. The molecule has 20 heavy (non-hydrogen) atoms. The summed E-state index contributed by atoms with van der Waals surface area (Å²) in [6.45, 7) is 0.0494. The maximum absolute atomic E-state index is 12.7. The normalized spacial score (nSPS) is 19.5. The van der Waals surface area contributed by atoms with E-state index in [4.69, 9.17) is 5.26 Å². The van der Waals surface area contributed by atoms with Gasteiger partial charge in [0.2, 0.25) is 0 Å². The number of hydrogen-bond donors (Lipinski definition) is 0. The molecule has 1 saturated heterocycles. The largest absolute Gasteiger partial charge is 0.393 e. The molecule has 0 bridgehead atoms. The Balaban J connectivity index is 2.10. The minimum absolute atomic E-state index is 0.0701. The van der Waals surface area contributed by atoms with Gasteiger partial charge in [0.1, 0.15) is 0 Å². The second-order valence-corrected chi connectivity index (χ2v) is 4.82. The van der Waals surface area contributed by atoms with Gasteiger partial charge in [-0.25, -0.2) is 0 Å². The minimum Gasteiger partial charge on any atom is -0.338 e. The zero-order valence-electron chi connectivity index (χ0n) is 10.7. The predicted octanol–water partition coefficient (Wildman–Crippen LogP) is 2.97. The van der Waals surface area contributed by atoms with Crippen LogP contribution in [0.3, 0.4) is 0 Å². The number of piperidine rings is 1. The number of halogens is 3. The van der Waals surface area contributed by atoms with E-state index in [1.807, 2.05) is 6.07 Å². The monoisotopic (exact) mass is 282 g/mol. The van der Waals surface area contributed by atoms with Crippen LogP contribution in [-0.2, 0) is 0 Å². The molecule has 1 aromatic carbocycles. The topological polar surface area (TPSA) is 44.1 Å². The zero-order chi connectivity index (χ0) is 14.8. The van der Waals surface area contributed by atoms with Gasteiger partial charge in [0.25, 0.3) is 5.91 Å². The summed E-state index contributed by atoms with van der Waals surface area (Å²) in [4.78, 5) is 13.4. The van der Waals surface area contributed by atoms with Gasteiger partial charge in [-0.05, 0) is 37.1 Å². The van der Waals surface area contributed by atoms with Crippen molar-refractivity contribution in [1.82, 2.24) is 4.90 Å². The van der Waals surface area contributed by atoms with Crippen LogP contribution in [0, 0.1) is 17.2 Å². The van der Waals surface area contributed by atoms with Gasteiger partial charge >= 0.3 is 6.18 Å². The van der Waals surface area contributed by atoms with Crippen molar-refractivity contribution in [3.63, 3.8) is 0 Å². The lowest BCUT2D eigenvalue weighted by Gasteiger charge is -2.33. The highest BCUT2D eigenvalue weighted by Crippen LogP contribution is 2.33. The van der Waals surface area contributed by atoms with Crippen molar-refractivity contribution in [1.29, 1.82) is 5.26 Å². The van der Waals surface area contributed by atoms with E-state index < -0.39 is 18.0 Å². The highest BCUT2D eigenvalue weighted by Gasteiger charge is 2.42. The molecule has 0 aromatic heterocycles. The maximum atomic E-state index is 12.7. The Hall–Kier alpha value is -2.03. The molecule has 0 aliphatic carbocycles. The minimum atomic E-state index is -4.26. The third-order valence-corrected chi connectivity index (χ3v) is 3.43. The number of hydrogen-bond acceptors (Lipinski definition) is 2. The van der Waals surface area contributed by atoms with Crippen LogP contribution in [0.4, 0.5) is 13.2 Å². The molecule has 0 N–H and O–H groups in total. The fourth-order valence-electron chi connectivity index (χ4n) is 2.30. The molecule has 1 aliphatic rings. The zero-order valence-corrected chi connectivity index (χ0v) is 10.7. The van der Waals surface area contributed by atoms with Gasteiger partial charge in [-0.15, -0.1) is 0 Å². The van der Waals surface area contributed by atoms with Crippen LogP contribution < -0.4 is 0 Å². The first kappa shape index (κ1) is 14.4. The number of likely N-dealkylation sites (tertiary alicyclic amines) is 1. The van der Waals surface area contributed by atoms with Crippen LogP contribution in [-0.4, -0.2) is 30.1 Å². The molecule has 1 amide bonds. The molecule has 0 unspecified atom stereocenters. The van der Waals surface area contributed by atoms with Crippen molar-refractivity contribution < 1.29 is 18.0 Å². The molecular formula is C14H13F3N2O. The highest BCUT2D eigenvalue weighted by molar-refractivity contribution is 5.94. The molecule has 1 aromatic rings. The number of carbonyl (C=O) groups excluding carboxylic acids is 1. The van der Waals surface area contributed by atoms with Crippen LogP contribution >= 0.6 is 0 Å². The molecule has 0 radical (unpaired) electrons. The third-order valence-electron chi connectivity index (χ3n) is 3.43. The maximum Gasteiger partial charge on any atom is 0.393 e. The van der Waals surface area contributed by atoms with Crippen LogP contribution in [0.1, 0.15) is 28.8 Å². The smallest absolute Gasteiger partial charge is 0.338 e. The number of nitriles is 1. The summed E-state index contributed by atoms with van der Waals surface area (Å²) in [5, 5.41) is 8.67. The highest BCUT2D eigenvalue weighted by atomic mass is 19.4. The number of benzene rings is 1. The Morgan fingerprint density at radius 1 is 1.30 bits per heavy atom. The van der Waals surface area contributed by atoms with Gasteiger partial charge in [0, 0.05) is 18.7 Å². The van der Waals surface area contributed by atoms with Crippen LogP contribution in [0.2, 0.25) is 0 Å². The van der Waals surface area contributed by atoms with E-state index in [2.05, 4.69) is 0 Å². The van der Waals surface area contributed by atoms with Gasteiger partial charge in [-0.3, -0.25) is 4.79 Å². The fourth-order valence-corrected chi connectivity index (χ4v) is 2.30. The summed E-state index contributed by atoms with van der Waals surface area (Å²) in [6.07, 6.45) is -3.84. The first-order chi connectivity index (χ1) is 9.41. The molecule has 2 rings (SSSR count). The van der Waals surface area contributed by atoms with Gasteiger partial charge in [0.15, 0.2) is 0 Å². The predicted molar refractivity (Wildman–Crippen MR) is 65.8 cm³/mol. The van der Waals surface area contributed by atoms with E-state index in [-0.39, 0.29) is 13.0 Å². The average Bonchev–Trinajstić information content (AvgIpc) is 2.46. The summed E-state index contributed by atoms with van der Waals surface area (Å²) >= 11 is 0. The second kappa shape index (κ2) is 5.53. The summed E-state index contributed by atoms with van der Waals surface area (Å²) in [5.41, 5.74) is 0.722. The SMILES string of the molecule is N#Cc1ccc(C(=O)N2CCC[C@@H](C(F)(F)F)C2)cc1. The molecule has 1 atom stereocenters. The summed E-state index contributed by atoms with van der Waals surface area (Å²) in [6, 6.07) is 7.84. The molecule has 3 nitrogen and oxygen atoms in total. The van der Waals surface area contributed by atoms with Gasteiger partial charge < -0.3 is 4.90 Å². The molecule has 0 spiro atoms. The van der Waals surface area contributed by atoms with Crippen molar-refractivity contribution in [2.45, 2.75) is 19.0 Å². The van der Waals surface area contributed by atoms with Crippen molar-refractivity contribution in [2.24, 2.45) is 5.92 Å². The summed E-state index contributed by atoms with van der Waals surface area (Å²) < 4.78 is 38.1. The standard InChI is InChI=1S/C14H13F3N2O/c15-14(16,17)12-2-1-7-19(9-12)13(20)11-5-3-10(8-18)4-6-11/h3-6,12H,1-2,7,9H2/t12-/m1/s1. The number of nitrogens with zero attached hydrogens (tertiary/aromatic N) is 2. The van der Waals surface area contributed by atoms with E-state index in [1.165, 1.54) is 29.2 Å². The van der Waals surface area contributed by atoms with E-state index in [1.54, 1.807) is 0 Å². The number of rotatable bonds is 1. The Morgan fingerprint density at radius 2 is 1.95 bits per heavy atom. The Labute approximate surface area is 114 Å². The van der Waals surface area contributed by atoms with Gasteiger partial charge in [0.05, 0.1) is 17.6 Å². The van der Waals surface area contributed by atoms with Crippen LogP contribution in [0.25, 0.3) is 0 Å². The van der Waals surface area contributed by atoms with Gasteiger partial charge in [-0.2, -0.15) is 18.4 Å². The molecular weight excluding hydrogens is 269 g/mol. The fraction of sp³-hybridized carbons (Fsp3) is 0.429. The molecule has 0 saturated carbocycles. The summed E-state index contributed by atoms with van der Waals surface area (Å²) in [7, 11) is 0. The van der Waals surface area contributed by atoms with E-state index in [0.717, 1.165) is 0 Å². The first-order valence-electron chi connectivity index (χ1n) is 6.28. The van der Waals surface area contributed by atoms with E-state index >= 15 is 0 Å². The van der Waals surface area contributed by atoms with Crippen LogP contribution in [0.15, 0.2) is 24.3 Å². The number of alkyl halides is 3. The third kappa shape index (κ3) is 3.10. The summed E-state index contributed by atoms with van der Waals surface area (Å²) in [5.74, 6) is -1.86. The lowest BCUT2D eigenvalue weighted by atomic mass is 9.97. The molecule has 1 heterocycles. The van der Waals surface area contributed by atoms with E-state index in [0.29, 0.717) is 24.1 Å². The van der Waals surface area contributed by atoms with E-state index in [9.17, 15) is 18.0 Å². The number of carbonyl (C=O) groups is 1. The van der Waals surface area contributed by atoms with Crippen molar-refractivity contribution in [3.05, 3.63) is 35.4 Å². The first-order valence-corrected chi connectivity index (χ1v) is 6.28. The molecule has 1 aliphatic heterocycles. The quantitative estimate of drug-likeness (QED) is 0.794. The lowest BCUT2D eigenvalue weighted by molar-refractivity contribution is -0.184. The molecule has 106 valence electrons. The Bertz CT molecular complexity index is 531. The van der Waals surface area contributed by atoms with Crippen LogP contribution in [0.5, 0.6) is 0 Å². The lowest BCUT2D eigenvalue weighted by Crippen LogP contribution is -2.44. The van der Waals surface area contributed by atoms with Crippen molar-refractivity contribution >= 4 is 5.91 Å².